The first-order valence-electron chi connectivity index (χ1n) is 38.1. The lowest BCUT2D eigenvalue weighted by atomic mass is 9.93. The van der Waals surface area contributed by atoms with Crippen LogP contribution in [0, 0.1) is 37.2 Å². The number of aryl methyl sites for hydroxylation is 3. The largest absolute Gasteiger partial charge is 0.773 e. The Morgan fingerprint density at radius 2 is 1.10 bits per heavy atom. The Kier molecular flexibility index (Phi) is 23.0. The summed E-state index contributed by atoms with van der Waals surface area (Å²) < 4.78 is 90.1. The van der Waals surface area contributed by atoms with Gasteiger partial charge in [-0.3, -0.25) is 33.3 Å². The highest BCUT2D eigenvalue weighted by Crippen LogP contribution is 2.40. The molecule has 634 valence electrons. The van der Waals surface area contributed by atoms with Crippen LogP contribution in [-0.2, 0) is 41.9 Å². The summed E-state index contributed by atoms with van der Waals surface area (Å²) in [6.45, 7) is 5.97. The summed E-state index contributed by atoms with van der Waals surface area (Å²) in [4.78, 5) is 142. The first-order valence-corrected chi connectivity index (χ1v) is 40.0. The molecule has 32 nitrogen and oxygen atoms in total. The Labute approximate surface area is 702 Å². The fourth-order valence-corrected chi connectivity index (χ4v) is 16.0. The van der Waals surface area contributed by atoms with Crippen molar-refractivity contribution in [2.24, 2.45) is 11.0 Å². The van der Waals surface area contributed by atoms with Crippen molar-refractivity contribution >= 4 is 135 Å². The second kappa shape index (κ2) is 33.7. The van der Waals surface area contributed by atoms with Crippen LogP contribution < -0.4 is 60.1 Å². The van der Waals surface area contributed by atoms with E-state index in [1.807, 2.05) is 13.0 Å². The molecule has 3 aliphatic rings. The van der Waals surface area contributed by atoms with Crippen molar-refractivity contribution in [1.82, 2.24) is 73.6 Å². The average Bonchev–Trinajstić information content (AvgIpc) is 1.58. The summed E-state index contributed by atoms with van der Waals surface area (Å²) in [5.74, 6) is -5.68. The van der Waals surface area contributed by atoms with E-state index in [9.17, 15) is 62.5 Å². The van der Waals surface area contributed by atoms with Gasteiger partial charge < -0.3 is 69.2 Å². The van der Waals surface area contributed by atoms with Gasteiger partial charge in [0.05, 0.1) is 116 Å². The van der Waals surface area contributed by atoms with E-state index >= 15 is 13.2 Å². The highest BCUT2D eigenvalue weighted by Gasteiger charge is 2.35. The Morgan fingerprint density at radius 1 is 0.605 bits per heavy atom. The van der Waals surface area contributed by atoms with E-state index < -0.39 is 97.7 Å². The molecular formula is C86H73ClF4N17O15S-. The zero-order chi connectivity index (χ0) is 88.5. The van der Waals surface area contributed by atoms with Gasteiger partial charge in [0.15, 0.2) is 17.2 Å². The van der Waals surface area contributed by atoms with Gasteiger partial charge in [-0.25, -0.2) is 60.7 Å². The molecule has 1 aliphatic carbocycles. The maximum Gasteiger partial charge on any atom is 0.354 e. The number of rotatable bonds is 17. The third-order valence-electron chi connectivity index (χ3n) is 21.4. The Morgan fingerprint density at radius 3 is 1.60 bits per heavy atom. The fraction of sp³-hybridized carbons (Fsp3) is 0.186. The van der Waals surface area contributed by atoms with Gasteiger partial charge in [0.2, 0.25) is 11.8 Å². The number of benzene rings is 8. The number of para-hydroxylation sites is 3. The summed E-state index contributed by atoms with van der Waals surface area (Å²) in [6, 6.07) is 36.0. The van der Waals surface area contributed by atoms with E-state index in [0.717, 1.165) is 25.5 Å². The number of hydrazine groups is 1. The number of Topliss-reactive ketones (excluding diaryl/α,β-unsaturated/α-hetero) is 1. The number of likely N-dealkylation sites (N-methyl/N-ethyl adjacent to an activating group) is 1. The van der Waals surface area contributed by atoms with E-state index in [-0.39, 0.29) is 138 Å². The predicted molar refractivity (Wildman–Crippen MR) is 459 cm³/mol. The van der Waals surface area contributed by atoms with Crippen LogP contribution in [0.25, 0.3) is 93.4 Å². The van der Waals surface area contributed by atoms with Crippen LogP contribution in [0.5, 0.6) is 5.88 Å². The summed E-state index contributed by atoms with van der Waals surface area (Å²) in [5.41, 5.74) is 9.24. The number of aromatic amines is 4. The van der Waals surface area contributed by atoms with Gasteiger partial charge in [0.1, 0.15) is 35.1 Å². The van der Waals surface area contributed by atoms with Gasteiger partial charge in [-0.1, -0.05) is 78.1 Å². The number of H-pyrrole nitrogens is 4. The molecule has 15 aromatic rings. The van der Waals surface area contributed by atoms with Crippen LogP contribution in [0.2, 0.25) is 5.02 Å². The van der Waals surface area contributed by atoms with Gasteiger partial charge in [-0.15, -0.1) is 5.10 Å². The first-order chi connectivity index (χ1) is 59.2. The summed E-state index contributed by atoms with van der Waals surface area (Å²) in [6.07, 6.45) is 5.84. The second-order valence-corrected chi connectivity index (χ2v) is 30.9. The smallest absolute Gasteiger partial charge is 0.354 e. The molecule has 1 amide bonds. The van der Waals surface area contributed by atoms with Crippen molar-refractivity contribution in [3.05, 3.63) is 299 Å². The minimum Gasteiger partial charge on any atom is -0.773 e. The number of hydrazone groups is 1. The molecule has 0 spiro atoms. The monoisotopic (exact) mass is 1730 g/mol. The van der Waals surface area contributed by atoms with Crippen LogP contribution in [0.1, 0.15) is 84.9 Å². The number of allylic oxidation sites excluding steroid dienone is 2. The summed E-state index contributed by atoms with van der Waals surface area (Å²) >= 11 is 4.79. The molecule has 0 bridgehead atoms. The topological polar surface area (TPSA) is 430 Å². The molecule has 7 aromatic heterocycles. The Bertz CT molecular complexity index is 7570. The van der Waals surface area contributed by atoms with Crippen LogP contribution in [0.4, 0.5) is 23.2 Å². The van der Waals surface area contributed by atoms with Crippen molar-refractivity contribution in [1.29, 1.82) is 0 Å². The lowest BCUT2D eigenvalue weighted by Gasteiger charge is -2.21. The third-order valence-corrected chi connectivity index (χ3v) is 21.8. The summed E-state index contributed by atoms with van der Waals surface area (Å²) in [7, 11) is 4.98. The number of ether oxygens (including phenoxy) is 1. The predicted octanol–water partition coefficient (Wildman–Crippen LogP) is 10.2. The number of ketones is 1. The van der Waals surface area contributed by atoms with Crippen molar-refractivity contribution in [3.63, 3.8) is 0 Å². The number of carboxylic acid groups (broad SMARTS) is 2. The number of aromatic nitrogens is 11. The first kappa shape index (κ1) is 84.4. The van der Waals surface area contributed by atoms with E-state index in [4.69, 9.17) is 25.1 Å². The molecule has 2 aliphatic heterocycles. The van der Waals surface area contributed by atoms with E-state index in [0.29, 0.717) is 67.0 Å². The number of amides is 1. The normalized spacial score (nSPS) is 14.8. The Hall–Kier alpha value is -14.7. The molecule has 38 heteroatoms. The number of halogens is 5. The standard InChI is InChI=1S/C30H27ClFN7O5.C28H22FN5O5.C27H21F2N5O3.CH4O2S/c1-14-8-18-23(11-20(14)32)38(12-15-9-17-22(10-19(15)31)35-36-27(17)34-24(40)13-37(2)3)26(29(42)43)25(18)39-28(41)16-6-4-5-7-21(16)33-30(39)44;1-3-14-8-9-22-18(10-14)23(34-26(35)16-6-4-5-7-20(16)30-28(34)38)24(27(36)37)33(22)13-15-11-17-21(12-19(15)29)31-32-25(17)39-2;1-13-7-18-23(10-19(13)28)33(12-16-9-22-15(8-20(16)29)11-30-32-22)24(14(2)35)25(18)34-26(36)17-5-3-4-6-21(17)31-27(34)37;1-4(2)3/h4-11,27,35-36H,12-13H2,1-3H3,(H,33,44)(H,34,40)(H,42,43);4-12H,3,13H2,1-2H3,(H,30,38)(H,31,32)(H,36,37);3-11,15,22,32H,12H2,1-2H3,(H,31,37);1H3,(H,2,3)/p-1. The van der Waals surface area contributed by atoms with Crippen molar-refractivity contribution in [2.45, 2.75) is 66.0 Å². The SMILES string of the molecule is CC(=O)c1c(-n2c(=O)[nH]c3ccccc3c2=O)c2cc(C)c(F)cc2n1CC1=CC2NN=CC2C=C1F.CCc1ccc2c(c1)c(-n1c(=O)[nH]c3ccccc3c1=O)c(C(=O)O)n2Cc1cc2c(OC)n[nH]c2cc1F.CS(=O)[O-].Cc1cc2c(-n3c(=O)[nH]c4ccccc4c3=O)c(C(=O)O)n(Cc3cc4c(cc3Cl)NNC4NC(=O)CN(C)C)c2cc1F. The molecule has 0 fully saturated rings. The average molecular weight is 1730 g/mol. The van der Waals surface area contributed by atoms with Gasteiger partial charge in [0, 0.05) is 69.5 Å². The number of methoxy groups -OCH3 is 1. The van der Waals surface area contributed by atoms with E-state index in [2.05, 4.69) is 51.8 Å². The fourth-order valence-electron chi connectivity index (χ4n) is 15.8. The molecule has 4 unspecified atom stereocenters. The highest BCUT2D eigenvalue weighted by atomic mass is 35.5. The van der Waals surface area contributed by atoms with E-state index in [1.165, 1.54) is 77.1 Å². The minimum atomic E-state index is -1.86. The van der Waals surface area contributed by atoms with E-state index in [1.54, 1.807) is 135 Å². The van der Waals surface area contributed by atoms with Crippen LogP contribution >= 0.6 is 11.6 Å². The summed E-state index contributed by atoms with van der Waals surface area (Å²) in [5, 5.41) is 36.9. The van der Waals surface area contributed by atoms with Crippen molar-refractivity contribution in [3.8, 4) is 22.9 Å². The molecule has 10 N–H and O–H groups in total. The molecule has 124 heavy (non-hydrogen) atoms. The number of nitrogens with zero attached hydrogens (tertiary/aromatic N) is 9. The van der Waals surface area contributed by atoms with Crippen molar-refractivity contribution < 1.29 is 60.5 Å². The zero-order valence-corrected chi connectivity index (χ0v) is 68.4. The number of hydrogen-bond donors (Lipinski definition) is 10. The van der Waals surface area contributed by atoms with Crippen LogP contribution in [-0.4, -0.2) is 146 Å². The molecule has 0 saturated carbocycles. The van der Waals surface area contributed by atoms with Crippen LogP contribution in [0.15, 0.2) is 197 Å². The molecule has 8 aromatic carbocycles. The third kappa shape index (κ3) is 15.6. The maximum atomic E-state index is 15.2. The van der Waals surface area contributed by atoms with Gasteiger partial charge in [0.25, 0.3) is 16.7 Å². The molecule has 4 atom stereocenters. The van der Waals surface area contributed by atoms with Crippen molar-refractivity contribution in [2.75, 3.05) is 39.4 Å². The lowest BCUT2D eigenvalue weighted by Crippen LogP contribution is -2.40. The number of carboxylic acids is 2. The maximum absolute atomic E-state index is 15.2. The number of anilines is 1. The number of hydrogen-bond acceptors (Lipinski definition) is 19. The molecule has 0 radical (unpaired) electrons. The molecule has 18 rings (SSSR count). The molecular weight excluding hydrogens is 1650 g/mol. The quantitative estimate of drug-likeness (QED) is 0.0230. The van der Waals surface area contributed by atoms with Gasteiger partial charge >= 0.3 is 29.0 Å². The van der Waals surface area contributed by atoms with Crippen LogP contribution in [0.3, 0.4) is 0 Å². The second-order valence-electron chi connectivity index (χ2n) is 29.7. The minimum absolute atomic E-state index is 0.00524. The number of nitrogens with one attached hydrogen (secondary N) is 8. The number of fused-ring (bicyclic) bond motifs is 9. The molecule has 9 heterocycles. The number of carbonyl (C=O) groups excluding carboxylic acids is 2. The number of aromatic carboxylic acids is 2. The van der Waals surface area contributed by atoms with Gasteiger partial charge in [-0.05, 0) is 160 Å². The lowest BCUT2D eigenvalue weighted by molar-refractivity contribution is -0.122. The highest BCUT2D eigenvalue weighted by molar-refractivity contribution is 7.78. The molecule has 0 saturated heterocycles. The Balaban J connectivity index is 0.000000141. The zero-order valence-electron chi connectivity index (χ0n) is 66.8. The van der Waals surface area contributed by atoms with Gasteiger partial charge in [-0.2, -0.15) is 5.10 Å². The number of carbonyl (C=O) groups is 4.